The topological polar surface area (TPSA) is 40.6 Å². The zero-order valence-electron chi connectivity index (χ0n) is 15.5. The zero-order chi connectivity index (χ0) is 19.2. The first-order chi connectivity index (χ1) is 13.1. The summed E-state index contributed by atoms with van der Waals surface area (Å²) >= 11 is 5.98. The number of amides is 2. The first kappa shape index (κ1) is 19.9. The highest BCUT2D eigenvalue weighted by atomic mass is 35.5. The molecule has 0 saturated carbocycles. The number of piperidine rings is 1. The molecule has 2 amide bonds. The predicted molar refractivity (Wildman–Crippen MR) is 105 cm³/mol. The minimum Gasteiger partial charge on any atom is -0.342 e. The smallest absolute Gasteiger partial charge is 0.246 e. The van der Waals surface area contributed by atoms with Gasteiger partial charge in [0.15, 0.2) is 0 Å². The summed E-state index contributed by atoms with van der Waals surface area (Å²) < 4.78 is 13.8. The van der Waals surface area contributed by atoms with Crippen LogP contribution in [0.1, 0.15) is 44.1 Å². The average Bonchev–Trinajstić information content (AvgIpc) is 2.96. The number of rotatable bonds is 3. The molecule has 2 saturated heterocycles. The van der Waals surface area contributed by atoms with Crippen molar-refractivity contribution < 1.29 is 14.0 Å². The summed E-state index contributed by atoms with van der Waals surface area (Å²) in [5.74, 6) is -0.363. The van der Waals surface area contributed by atoms with Crippen molar-refractivity contribution in [2.75, 3.05) is 26.2 Å². The Morgan fingerprint density at radius 2 is 1.67 bits per heavy atom. The highest BCUT2D eigenvalue weighted by Gasteiger charge is 2.29. The fourth-order valence-corrected chi connectivity index (χ4v) is 4.05. The summed E-state index contributed by atoms with van der Waals surface area (Å²) in [7, 11) is 0. The van der Waals surface area contributed by atoms with E-state index in [1.54, 1.807) is 11.0 Å². The van der Waals surface area contributed by atoms with Gasteiger partial charge in [-0.05, 0) is 43.9 Å². The van der Waals surface area contributed by atoms with Gasteiger partial charge in [-0.3, -0.25) is 9.59 Å². The number of hydrogen-bond donors (Lipinski definition) is 0. The molecule has 2 fully saturated rings. The number of benzene rings is 1. The molecule has 0 bridgehead atoms. The van der Waals surface area contributed by atoms with E-state index in [4.69, 9.17) is 11.6 Å². The lowest BCUT2D eigenvalue weighted by Crippen LogP contribution is -2.44. The SMILES string of the molecule is O=C(/C=C/c1c(F)cccc1Cl)N1CCC(C(=O)N2CCCCCC2)CC1. The Morgan fingerprint density at radius 1 is 1.00 bits per heavy atom. The van der Waals surface area contributed by atoms with Crippen molar-refractivity contribution in [3.63, 3.8) is 0 Å². The molecule has 0 unspecified atom stereocenters. The standard InChI is InChI=1S/C21H26ClFN2O2/c22-18-6-5-7-19(23)17(18)8-9-20(26)24-14-10-16(11-15-24)21(27)25-12-3-1-2-4-13-25/h5-9,16H,1-4,10-15H2/b9-8+. The Hall–Kier alpha value is -1.88. The number of carbonyl (C=O) groups excluding carboxylic acids is 2. The van der Waals surface area contributed by atoms with E-state index in [1.807, 2.05) is 4.90 Å². The van der Waals surface area contributed by atoms with Crippen molar-refractivity contribution in [3.8, 4) is 0 Å². The van der Waals surface area contributed by atoms with Crippen molar-refractivity contribution in [1.82, 2.24) is 9.80 Å². The summed E-state index contributed by atoms with van der Waals surface area (Å²) in [5.41, 5.74) is 0.221. The third-order valence-corrected chi connectivity index (χ3v) is 5.80. The monoisotopic (exact) mass is 392 g/mol. The van der Waals surface area contributed by atoms with Gasteiger partial charge in [0.1, 0.15) is 5.82 Å². The molecule has 0 spiro atoms. The Kier molecular flexibility index (Phi) is 6.89. The first-order valence-electron chi connectivity index (χ1n) is 9.76. The number of hydrogen-bond acceptors (Lipinski definition) is 2. The fraction of sp³-hybridized carbons (Fsp3) is 0.524. The first-order valence-corrected chi connectivity index (χ1v) is 10.1. The number of nitrogens with zero attached hydrogens (tertiary/aromatic N) is 2. The second kappa shape index (κ2) is 9.36. The van der Waals surface area contributed by atoms with Crippen LogP contribution >= 0.6 is 11.6 Å². The Bertz CT molecular complexity index is 686. The van der Waals surface area contributed by atoms with Crippen LogP contribution in [0, 0.1) is 11.7 Å². The predicted octanol–water partition coefficient (Wildman–Crippen LogP) is 4.13. The van der Waals surface area contributed by atoms with E-state index < -0.39 is 5.82 Å². The van der Waals surface area contributed by atoms with E-state index >= 15 is 0 Å². The minimum absolute atomic E-state index is 0.0112. The van der Waals surface area contributed by atoms with Gasteiger partial charge < -0.3 is 9.80 Å². The third-order valence-electron chi connectivity index (χ3n) is 5.47. The van der Waals surface area contributed by atoms with Crippen LogP contribution in [0.25, 0.3) is 6.08 Å². The second-order valence-electron chi connectivity index (χ2n) is 7.31. The lowest BCUT2D eigenvalue weighted by Gasteiger charge is -2.33. The number of halogens is 2. The third kappa shape index (κ3) is 5.10. The molecule has 1 aromatic rings. The molecule has 2 heterocycles. The summed E-state index contributed by atoms with van der Waals surface area (Å²) in [6.07, 6.45) is 8.75. The molecule has 146 valence electrons. The Balaban J connectivity index is 1.53. The van der Waals surface area contributed by atoms with Crippen LogP contribution in [-0.2, 0) is 9.59 Å². The molecular formula is C21H26ClFN2O2. The normalized spacial score (nSPS) is 19.3. The Morgan fingerprint density at radius 3 is 2.30 bits per heavy atom. The van der Waals surface area contributed by atoms with Crippen molar-refractivity contribution in [2.45, 2.75) is 38.5 Å². The van der Waals surface area contributed by atoms with Gasteiger partial charge >= 0.3 is 0 Å². The molecule has 4 nitrogen and oxygen atoms in total. The summed E-state index contributed by atoms with van der Waals surface area (Å²) in [6, 6.07) is 4.44. The number of carbonyl (C=O) groups is 2. The van der Waals surface area contributed by atoms with Crippen LogP contribution in [0.3, 0.4) is 0 Å². The summed E-state index contributed by atoms with van der Waals surface area (Å²) in [6.45, 7) is 2.84. The average molecular weight is 393 g/mol. The van der Waals surface area contributed by atoms with Crippen LogP contribution in [0.4, 0.5) is 4.39 Å². The molecule has 0 aromatic heterocycles. The quantitative estimate of drug-likeness (QED) is 0.725. The van der Waals surface area contributed by atoms with Gasteiger partial charge in [-0.15, -0.1) is 0 Å². The van der Waals surface area contributed by atoms with E-state index in [2.05, 4.69) is 0 Å². The van der Waals surface area contributed by atoms with Crippen LogP contribution in [0.15, 0.2) is 24.3 Å². The van der Waals surface area contributed by atoms with Gasteiger partial charge in [0.25, 0.3) is 0 Å². The molecule has 1 aromatic carbocycles. The minimum atomic E-state index is -0.451. The molecule has 0 aliphatic carbocycles. The Labute approximate surface area is 165 Å². The molecule has 2 aliphatic heterocycles. The molecule has 6 heteroatoms. The van der Waals surface area contributed by atoms with Gasteiger partial charge in [-0.1, -0.05) is 30.5 Å². The zero-order valence-corrected chi connectivity index (χ0v) is 16.3. The fourth-order valence-electron chi connectivity index (χ4n) is 3.83. The van der Waals surface area contributed by atoms with Crippen molar-refractivity contribution in [2.24, 2.45) is 5.92 Å². The van der Waals surface area contributed by atoms with Gasteiger partial charge in [-0.2, -0.15) is 0 Å². The summed E-state index contributed by atoms with van der Waals surface area (Å²) in [5, 5.41) is 0.279. The molecule has 0 atom stereocenters. The van der Waals surface area contributed by atoms with E-state index in [0.29, 0.717) is 25.9 Å². The van der Waals surface area contributed by atoms with Gasteiger partial charge in [0.05, 0.1) is 5.02 Å². The molecule has 2 aliphatic rings. The van der Waals surface area contributed by atoms with Crippen LogP contribution < -0.4 is 0 Å². The van der Waals surface area contributed by atoms with Crippen molar-refractivity contribution >= 4 is 29.5 Å². The maximum atomic E-state index is 13.8. The van der Waals surface area contributed by atoms with Crippen LogP contribution in [-0.4, -0.2) is 47.8 Å². The van der Waals surface area contributed by atoms with Gasteiger partial charge in [0.2, 0.25) is 11.8 Å². The van der Waals surface area contributed by atoms with Gasteiger partial charge in [0, 0.05) is 43.7 Å². The van der Waals surface area contributed by atoms with E-state index in [0.717, 1.165) is 25.9 Å². The van der Waals surface area contributed by atoms with Crippen LogP contribution in [0.5, 0.6) is 0 Å². The lowest BCUT2D eigenvalue weighted by atomic mass is 9.95. The van der Waals surface area contributed by atoms with E-state index in [-0.39, 0.29) is 28.3 Å². The summed E-state index contributed by atoms with van der Waals surface area (Å²) in [4.78, 5) is 28.8. The van der Waals surface area contributed by atoms with Crippen molar-refractivity contribution in [1.29, 1.82) is 0 Å². The van der Waals surface area contributed by atoms with Crippen molar-refractivity contribution in [3.05, 3.63) is 40.7 Å². The van der Waals surface area contributed by atoms with Gasteiger partial charge in [-0.25, -0.2) is 4.39 Å². The molecule has 0 N–H and O–H groups in total. The maximum Gasteiger partial charge on any atom is 0.246 e. The molecule has 27 heavy (non-hydrogen) atoms. The second-order valence-corrected chi connectivity index (χ2v) is 7.71. The maximum absolute atomic E-state index is 13.8. The molecule has 3 rings (SSSR count). The van der Waals surface area contributed by atoms with Crippen LogP contribution in [0.2, 0.25) is 5.02 Å². The highest BCUT2D eigenvalue weighted by molar-refractivity contribution is 6.32. The van der Waals surface area contributed by atoms with E-state index in [9.17, 15) is 14.0 Å². The highest BCUT2D eigenvalue weighted by Crippen LogP contribution is 2.23. The lowest BCUT2D eigenvalue weighted by molar-refractivity contribution is -0.139. The molecule has 0 radical (unpaired) electrons. The van der Waals surface area contributed by atoms with E-state index in [1.165, 1.54) is 37.1 Å². The molecular weight excluding hydrogens is 367 g/mol. The largest absolute Gasteiger partial charge is 0.342 e. The number of likely N-dealkylation sites (tertiary alicyclic amines) is 2.